The third-order valence-electron chi connectivity index (χ3n) is 2.19. The maximum atomic E-state index is 13.3. The topological polar surface area (TPSA) is 12.0 Å². The van der Waals surface area contributed by atoms with Gasteiger partial charge in [0.25, 0.3) is 0 Å². The minimum absolute atomic E-state index is 0.522. The van der Waals surface area contributed by atoms with Crippen LogP contribution in [0.2, 0.25) is 5.02 Å². The van der Waals surface area contributed by atoms with Gasteiger partial charge in [-0.05, 0) is 38.6 Å². The van der Waals surface area contributed by atoms with Crippen molar-refractivity contribution in [2.24, 2.45) is 0 Å². The van der Waals surface area contributed by atoms with E-state index in [4.69, 9.17) is 11.6 Å². The van der Waals surface area contributed by atoms with Crippen molar-refractivity contribution in [1.29, 1.82) is 0 Å². The average molecular weight is 216 g/mol. The minimum atomic E-state index is -1.00. The molecule has 0 radical (unpaired) electrons. The maximum absolute atomic E-state index is 13.3. The van der Waals surface area contributed by atoms with Gasteiger partial charge >= 0.3 is 0 Å². The van der Waals surface area contributed by atoms with Gasteiger partial charge in [-0.2, -0.15) is 0 Å². The number of nitrogens with one attached hydrogen (secondary N) is 1. The van der Waals surface area contributed by atoms with E-state index in [0.717, 1.165) is 18.5 Å². The molecule has 0 saturated heterocycles. The quantitative estimate of drug-likeness (QED) is 0.814. The second kappa shape index (κ2) is 5.32. The van der Waals surface area contributed by atoms with E-state index in [2.05, 4.69) is 5.32 Å². The van der Waals surface area contributed by atoms with Crippen molar-refractivity contribution in [3.63, 3.8) is 0 Å². The zero-order chi connectivity index (χ0) is 10.6. The number of halogens is 2. The smallest absolute Gasteiger partial charge is 0.124 e. The van der Waals surface area contributed by atoms with E-state index in [1.165, 1.54) is 6.92 Å². The summed E-state index contributed by atoms with van der Waals surface area (Å²) in [5.41, 5.74) is 1.62. The molecule has 0 heterocycles. The highest BCUT2D eigenvalue weighted by Gasteiger charge is 2.12. The Labute approximate surface area is 89.3 Å². The fraction of sp³-hybridized carbons (Fsp3) is 0.455. The van der Waals surface area contributed by atoms with E-state index in [1.54, 1.807) is 6.07 Å². The van der Waals surface area contributed by atoms with Crippen molar-refractivity contribution in [1.82, 2.24) is 5.32 Å². The number of alkyl halides is 1. The second-order valence-electron chi connectivity index (χ2n) is 3.28. The lowest BCUT2D eigenvalue weighted by atomic mass is 10.0. The van der Waals surface area contributed by atoms with Crippen LogP contribution in [0, 0.1) is 0 Å². The van der Waals surface area contributed by atoms with Crippen LogP contribution in [0.1, 0.15) is 24.2 Å². The summed E-state index contributed by atoms with van der Waals surface area (Å²) in [4.78, 5) is 0. The SMILES string of the molecule is CNCCc1cccc(Cl)c1C(C)F. The van der Waals surface area contributed by atoms with E-state index in [-0.39, 0.29) is 0 Å². The molecule has 1 unspecified atom stereocenters. The van der Waals surface area contributed by atoms with E-state index >= 15 is 0 Å². The van der Waals surface area contributed by atoms with Crippen LogP contribution >= 0.6 is 11.6 Å². The molecule has 1 aromatic carbocycles. The first-order valence-electron chi connectivity index (χ1n) is 4.72. The van der Waals surface area contributed by atoms with Gasteiger partial charge in [-0.3, -0.25) is 0 Å². The lowest BCUT2D eigenvalue weighted by molar-refractivity contribution is 0.372. The molecule has 1 aromatic rings. The molecule has 14 heavy (non-hydrogen) atoms. The summed E-state index contributed by atoms with van der Waals surface area (Å²) in [7, 11) is 1.88. The molecule has 0 bridgehead atoms. The Kier molecular flexibility index (Phi) is 4.36. The van der Waals surface area contributed by atoms with Crippen molar-refractivity contribution in [3.8, 4) is 0 Å². The Morgan fingerprint density at radius 1 is 1.50 bits per heavy atom. The molecule has 78 valence electrons. The molecule has 1 nitrogen and oxygen atoms in total. The van der Waals surface area contributed by atoms with Gasteiger partial charge in [0.05, 0.1) is 0 Å². The highest BCUT2D eigenvalue weighted by atomic mass is 35.5. The van der Waals surface area contributed by atoms with Crippen molar-refractivity contribution in [2.45, 2.75) is 19.5 Å². The van der Waals surface area contributed by atoms with Crippen LogP contribution in [0.25, 0.3) is 0 Å². The fourth-order valence-corrected chi connectivity index (χ4v) is 1.85. The molecule has 0 aliphatic heterocycles. The average Bonchev–Trinajstić information content (AvgIpc) is 2.14. The van der Waals surface area contributed by atoms with E-state index < -0.39 is 6.17 Å². The molecular weight excluding hydrogens is 201 g/mol. The molecule has 0 amide bonds. The summed E-state index contributed by atoms with van der Waals surface area (Å²) in [6.45, 7) is 2.35. The number of rotatable bonds is 4. The zero-order valence-electron chi connectivity index (χ0n) is 8.48. The Bertz CT molecular complexity index is 299. The second-order valence-corrected chi connectivity index (χ2v) is 3.69. The van der Waals surface area contributed by atoms with Crippen LogP contribution in [-0.2, 0) is 6.42 Å². The molecule has 0 aromatic heterocycles. The molecule has 0 spiro atoms. The maximum Gasteiger partial charge on any atom is 0.124 e. The number of hydrogen-bond donors (Lipinski definition) is 1. The highest BCUT2D eigenvalue weighted by molar-refractivity contribution is 6.31. The number of likely N-dealkylation sites (N-methyl/N-ethyl adjacent to an activating group) is 1. The Hall–Kier alpha value is -0.600. The first kappa shape index (κ1) is 11.5. The summed E-state index contributed by atoms with van der Waals surface area (Å²) < 4.78 is 13.3. The predicted molar refractivity (Wildman–Crippen MR) is 58.6 cm³/mol. The molecular formula is C11H15ClFN. The lowest BCUT2D eigenvalue weighted by Crippen LogP contribution is -2.11. The highest BCUT2D eigenvalue weighted by Crippen LogP contribution is 2.28. The summed E-state index contributed by atoms with van der Waals surface area (Å²) in [5.74, 6) is 0. The molecule has 0 aliphatic carbocycles. The van der Waals surface area contributed by atoms with Crippen molar-refractivity contribution in [2.75, 3.05) is 13.6 Å². The molecule has 1 rings (SSSR count). The van der Waals surface area contributed by atoms with Gasteiger partial charge in [0.2, 0.25) is 0 Å². The lowest BCUT2D eigenvalue weighted by Gasteiger charge is -2.12. The van der Waals surface area contributed by atoms with Crippen molar-refractivity contribution < 1.29 is 4.39 Å². The van der Waals surface area contributed by atoms with Gasteiger partial charge in [0.15, 0.2) is 0 Å². The Balaban J connectivity index is 2.96. The molecule has 3 heteroatoms. The van der Waals surface area contributed by atoms with Gasteiger partial charge in [-0.25, -0.2) is 4.39 Å². The first-order valence-corrected chi connectivity index (χ1v) is 5.10. The van der Waals surface area contributed by atoms with Gasteiger partial charge < -0.3 is 5.32 Å². The van der Waals surface area contributed by atoms with Gasteiger partial charge in [0.1, 0.15) is 6.17 Å². The van der Waals surface area contributed by atoms with E-state index in [1.807, 2.05) is 19.2 Å². The van der Waals surface area contributed by atoms with E-state index in [0.29, 0.717) is 10.6 Å². The third kappa shape index (κ3) is 2.69. The molecule has 1 atom stereocenters. The molecule has 0 saturated carbocycles. The first-order chi connectivity index (χ1) is 6.66. The van der Waals surface area contributed by atoms with Crippen LogP contribution in [0.3, 0.4) is 0 Å². The number of hydrogen-bond acceptors (Lipinski definition) is 1. The Morgan fingerprint density at radius 3 is 2.79 bits per heavy atom. The monoisotopic (exact) mass is 215 g/mol. The van der Waals surface area contributed by atoms with Gasteiger partial charge in [-0.1, -0.05) is 23.7 Å². The predicted octanol–water partition coefficient (Wildman–Crippen LogP) is 3.13. The zero-order valence-corrected chi connectivity index (χ0v) is 9.24. The number of benzene rings is 1. The van der Waals surface area contributed by atoms with Crippen LogP contribution in [-0.4, -0.2) is 13.6 Å². The van der Waals surface area contributed by atoms with Crippen molar-refractivity contribution >= 4 is 11.6 Å². The largest absolute Gasteiger partial charge is 0.319 e. The van der Waals surface area contributed by atoms with Crippen molar-refractivity contribution in [3.05, 3.63) is 34.3 Å². The standard InChI is InChI=1S/C11H15ClFN/c1-8(13)11-9(6-7-14-2)4-3-5-10(11)12/h3-5,8,14H,6-7H2,1-2H3. The summed E-state index contributed by atoms with van der Waals surface area (Å²) in [6, 6.07) is 5.52. The van der Waals surface area contributed by atoms with E-state index in [9.17, 15) is 4.39 Å². The molecule has 0 fully saturated rings. The van der Waals surface area contributed by atoms with Crippen LogP contribution < -0.4 is 5.32 Å². The third-order valence-corrected chi connectivity index (χ3v) is 2.51. The van der Waals surface area contributed by atoms with Crippen LogP contribution in [0.4, 0.5) is 4.39 Å². The Morgan fingerprint density at radius 2 is 2.21 bits per heavy atom. The van der Waals surface area contributed by atoms with Crippen LogP contribution in [0.15, 0.2) is 18.2 Å². The summed E-state index contributed by atoms with van der Waals surface area (Å²) in [5, 5.41) is 3.56. The fourth-order valence-electron chi connectivity index (χ4n) is 1.50. The van der Waals surface area contributed by atoms with Crippen LogP contribution in [0.5, 0.6) is 0 Å². The summed E-state index contributed by atoms with van der Waals surface area (Å²) in [6.07, 6.45) is -0.198. The normalized spacial score (nSPS) is 12.9. The summed E-state index contributed by atoms with van der Waals surface area (Å²) >= 11 is 5.94. The molecule has 0 aliphatic rings. The minimum Gasteiger partial charge on any atom is -0.319 e. The molecule has 1 N–H and O–H groups in total. The van der Waals surface area contributed by atoms with Gasteiger partial charge in [0, 0.05) is 10.6 Å². The van der Waals surface area contributed by atoms with Gasteiger partial charge in [-0.15, -0.1) is 0 Å².